The number of carbonyl (C=O) groups is 2. The fourth-order valence-electron chi connectivity index (χ4n) is 1.97. The maximum Gasteiger partial charge on any atom is 2.00 e. The van der Waals surface area contributed by atoms with Crippen molar-refractivity contribution in [3.63, 3.8) is 0 Å². The van der Waals surface area contributed by atoms with Crippen LogP contribution in [0, 0.1) is 5.92 Å². The molecule has 0 amide bonds. The number of benzene rings is 1. The predicted octanol–water partition coefficient (Wildman–Crippen LogP) is -0.565. The van der Waals surface area contributed by atoms with Crippen LogP contribution in [-0.4, -0.2) is 24.6 Å². The molecule has 22 heavy (non-hydrogen) atoms. The smallest absolute Gasteiger partial charge is 1.00 e. The molecule has 1 aromatic rings. The van der Waals surface area contributed by atoms with Gasteiger partial charge in [0.15, 0.2) is 11.7 Å². The Labute approximate surface area is 145 Å². The first-order valence-electron chi connectivity index (χ1n) is 6.14. The van der Waals surface area contributed by atoms with Crippen LogP contribution in [0.15, 0.2) is 41.1 Å². The number of hydrogen-bond donors (Lipinski definition) is 0. The van der Waals surface area contributed by atoms with Gasteiger partial charge < -0.3 is 21.9 Å². The van der Waals surface area contributed by atoms with Crippen molar-refractivity contribution in [2.24, 2.45) is 10.9 Å². The molecule has 1 aromatic carbocycles. The molecule has 1 heterocycles. The van der Waals surface area contributed by atoms with Gasteiger partial charge in [0, 0.05) is 17.9 Å². The number of nitrogens with zero attached hydrogens (tertiary/aromatic N) is 1. The molecule has 0 N–H and O–H groups in total. The van der Waals surface area contributed by atoms with Crippen LogP contribution in [0.1, 0.15) is 13.8 Å². The van der Waals surface area contributed by atoms with Crippen molar-refractivity contribution in [2.75, 3.05) is 7.11 Å². The first kappa shape index (κ1) is 20.4. The van der Waals surface area contributed by atoms with Crippen molar-refractivity contribution in [3.8, 4) is 5.75 Å². The monoisotopic (exact) mass is 367 g/mol. The number of ether oxygens (including phenoxy) is 2. The second-order valence-corrected chi connectivity index (χ2v) is 4.47. The number of methoxy groups -OCH3 is 1. The summed E-state index contributed by atoms with van der Waals surface area (Å²) >= 11 is 0. The maximum absolute atomic E-state index is 11.9. The molecule has 0 fully saturated rings. The fourth-order valence-corrected chi connectivity index (χ4v) is 1.97. The van der Waals surface area contributed by atoms with Crippen molar-refractivity contribution in [1.82, 2.24) is 0 Å². The Kier molecular flexibility index (Phi) is 8.08. The minimum absolute atomic E-state index is 0. The third-order valence-corrected chi connectivity index (χ3v) is 2.90. The van der Waals surface area contributed by atoms with E-state index >= 15 is 0 Å². The minimum atomic E-state index is -0.968. The summed E-state index contributed by atoms with van der Waals surface area (Å²) in [6.07, 6.45) is 1.32. The summed E-state index contributed by atoms with van der Waals surface area (Å²) in [5.41, 5.74) is 1.02. The second kappa shape index (κ2) is 8.72. The summed E-state index contributed by atoms with van der Waals surface area (Å²) in [5.74, 6) is -0.885. The Morgan fingerprint density at radius 3 is 2.59 bits per heavy atom. The molecule has 7 heteroatoms. The molecule has 1 aliphatic heterocycles. The van der Waals surface area contributed by atoms with Crippen LogP contribution in [0.2, 0.25) is 0 Å². The third kappa shape index (κ3) is 4.69. The number of esters is 1. The van der Waals surface area contributed by atoms with E-state index in [2.05, 4.69) is 4.99 Å². The van der Waals surface area contributed by atoms with Crippen LogP contribution in [-0.2, 0) is 31.1 Å². The summed E-state index contributed by atoms with van der Waals surface area (Å²) in [6.45, 7) is 3.21. The molecule has 1 atom stereocenters. The van der Waals surface area contributed by atoms with E-state index in [1.807, 2.05) is 0 Å². The van der Waals surface area contributed by atoms with Gasteiger partial charge in [0.2, 0.25) is 0 Å². The Morgan fingerprint density at radius 2 is 2.00 bits per heavy atom. The van der Waals surface area contributed by atoms with E-state index in [1.54, 1.807) is 45.2 Å². The average Bonchev–Trinajstić information content (AvgIpc) is 2.37. The largest absolute Gasteiger partial charge is 2.00 e. The van der Waals surface area contributed by atoms with Crippen LogP contribution in [0.4, 0.5) is 5.69 Å². The van der Waals surface area contributed by atoms with Gasteiger partial charge >= 0.3 is 22.7 Å². The van der Waals surface area contributed by atoms with Crippen LogP contribution < -0.4 is 17.1 Å². The number of carbonyl (C=O) groups excluding carboxylic acids is 2. The summed E-state index contributed by atoms with van der Waals surface area (Å²) in [6, 6.07) is 7.07. The molecule has 0 aromatic heterocycles. The van der Waals surface area contributed by atoms with E-state index in [0.29, 0.717) is 22.9 Å². The standard InChI is InChI=1S/C15H15NO4.ClH.Co/c1-9-7-13(17)14(15(18)20-9)10(2)16-11-5-4-6-12(8-11)19-3;;/h4-8,14H,1-3H3;1H;/q;;+2/p-1. The zero-order chi connectivity index (χ0) is 14.7. The van der Waals surface area contributed by atoms with Gasteiger partial charge in [-0.1, -0.05) is 6.07 Å². The summed E-state index contributed by atoms with van der Waals surface area (Å²) < 4.78 is 10.1. The maximum atomic E-state index is 11.9. The van der Waals surface area contributed by atoms with Crippen LogP contribution in [0.25, 0.3) is 0 Å². The van der Waals surface area contributed by atoms with Crippen molar-refractivity contribution < 1.29 is 48.2 Å². The van der Waals surface area contributed by atoms with E-state index in [-0.39, 0.29) is 35.0 Å². The third-order valence-electron chi connectivity index (χ3n) is 2.90. The molecule has 0 saturated heterocycles. The number of allylic oxidation sites excluding steroid dienone is 2. The van der Waals surface area contributed by atoms with E-state index in [0.717, 1.165) is 0 Å². The molecule has 0 aliphatic carbocycles. The first-order valence-corrected chi connectivity index (χ1v) is 6.14. The molecule has 0 spiro atoms. The Morgan fingerprint density at radius 1 is 1.32 bits per heavy atom. The normalized spacial score (nSPS) is 17.7. The Hall–Kier alpha value is -1.63. The molecule has 119 valence electrons. The number of cyclic esters (lactones) is 1. The minimum Gasteiger partial charge on any atom is -1.00 e. The molecule has 0 bridgehead atoms. The van der Waals surface area contributed by atoms with Crippen LogP contribution in [0.5, 0.6) is 5.75 Å². The molecule has 1 aliphatic rings. The van der Waals surface area contributed by atoms with Gasteiger partial charge in [-0.05, 0) is 26.0 Å². The van der Waals surface area contributed by atoms with E-state index in [1.165, 1.54) is 6.08 Å². The second-order valence-electron chi connectivity index (χ2n) is 4.47. The molecule has 1 unspecified atom stereocenters. The molecule has 5 nitrogen and oxygen atoms in total. The number of halogens is 1. The molecular formula is C15H15ClCoNO4+. The van der Waals surface area contributed by atoms with E-state index < -0.39 is 11.9 Å². The Balaban J connectivity index is 0.00000220. The van der Waals surface area contributed by atoms with Crippen molar-refractivity contribution in [1.29, 1.82) is 0 Å². The first-order chi connectivity index (χ1) is 9.51. The topological polar surface area (TPSA) is 65.0 Å². The van der Waals surface area contributed by atoms with Crippen LogP contribution >= 0.6 is 0 Å². The summed E-state index contributed by atoms with van der Waals surface area (Å²) in [7, 11) is 1.56. The predicted molar refractivity (Wildman–Crippen MR) is 74.1 cm³/mol. The van der Waals surface area contributed by atoms with Gasteiger partial charge in [-0.3, -0.25) is 14.6 Å². The van der Waals surface area contributed by atoms with Crippen LogP contribution in [0.3, 0.4) is 0 Å². The molecule has 1 radical (unpaired) electrons. The van der Waals surface area contributed by atoms with E-state index in [4.69, 9.17) is 9.47 Å². The van der Waals surface area contributed by atoms with Gasteiger partial charge in [-0.2, -0.15) is 0 Å². The van der Waals surface area contributed by atoms with Crippen molar-refractivity contribution in [2.45, 2.75) is 13.8 Å². The van der Waals surface area contributed by atoms with Gasteiger partial charge in [0.25, 0.3) is 0 Å². The average molecular weight is 368 g/mol. The zero-order valence-corrected chi connectivity index (χ0v) is 14.1. The number of ketones is 1. The number of rotatable bonds is 3. The Bertz CT molecular complexity index is 628. The van der Waals surface area contributed by atoms with Gasteiger partial charge in [0.05, 0.1) is 12.8 Å². The fraction of sp³-hybridized carbons (Fsp3) is 0.267. The van der Waals surface area contributed by atoms with Gasteiger partial charge in [0.1, 0.15) is 11.5 Å². The quantitative estimate of drug-likeness (QED) is 0.408. The van der Waals surface area contributed by atoms with Crippen molar-refractivity contribution >= 4 is 23.2 Å². The number of aliphatic imine (C=N–C) groups is 1. The molecule has 0 saturated carbocycles. The number of hydrogen-bond acceptors (Lipinski definition) is 5. The summed E-state index contributed by atoms with van der Waals surface area (Å²) in [4.78, 5) is 28.0. The van der Waals surface area contributed by atoms with E-state index in [9.17, 15) is 9.59 Å². The SMILES string of the molecule is COc1cccc(N=C(C)C2C(=O)C=C(C)OC2=O)c1.[Cl-].[Co+2]. The van der Waals surface area contributed by atoms with Gasteiger partial charge in [-0.15, -0.1) is 0 Å². The molecule has 2 rings (SSSR count). The van der Waals surface area contributed by atoms with Gasteiger partial charge in [-0.25, -0.2) is 0 Å². The van der Waals surface area contributed by atoms with Crippen molar-refractivity contribution in [3.05, 3.63) is 36.1 Å². The molecular weight excluding hydrogens is 353 g/mol. The summed E-state index contributed by atoms with van der Waals surface area (Å²) in [5, 5.41) is 0. The zero-order valence-electron chi connectivity index (χ0n) is 12.3.